The van der Waals surface area contributed by atoms with E-state index in [1.807, 2.05) is 58.0 Å². The molecule has 17 nitrogen and oxygen atoms in total. The van der Waals surface area contributed by atoms with Crippen LogP contribution in [0.2, 0.25) is 0 Å². The predicted molar refractivity (Wildman–Crippen MR) is 234 cm³/mol. The monoisotopic (exact) mass is 869 g/mol. The van der Waals surface area contributed by atoms with E-state index in [1.54, 1.807) is 25.9 Å². The molecule has 2 fully saturated rings. The Kier molecular flexibility index (Phi) is 20.6. The van der Waals surface area contributed by atoms with Crippen LogP contribution in [0.25, 0.3) is 0 Å². The first-order chi connectivity index (χ1) is 29.2. The lowest BCUT2D eigenvalue weighted by atomic mass is 9.97. The Morgan fingerprint density at radius 1 is 0.774 bits per heavy atom. The van der Waals surface area contributed by atoms with Gasteiger partial charge in [-0.1, -0.05) is 58.0 Å². The number of nitrogens with zero attached hydrogens (tertiary/aromatic N) is 3. The second-order valence-corrected chi connectivity index (χ2v) is 17.9. The lowest BCUT2D eigenvalue weighted by molar-refractivity contribution is -0.148. The number of hydrogen-bond donors (Lipinski definition) is 6. The summed E-state index contributed by atoms with van der Waals surface area (Å²) < 4.78 is 0. The maximum absolute atomic E-state index is 14.3. The summed E-state index contributed by atoms with van der Waals surface area (Å²) >= 11 is 0. The Morgan fingerprint density at radius 3 is 1.94 bits per heavy atom. The van der Waals surface area contributed by atoms with Gasteiger partial charge in [0.15, 0.2) is 5.78 Å². The normalized spacial score (nSPS) is 18.4. The largest absolute Gasteiger partial charge is 0.391 e. The van der Waals surface area contributed by atoms with Crippen LogP contribution < -0.4 is 26.6 Å². The van der Waals surface area contributed by atoms with Crippen LogP contribution in [0.1, 0.15) is 92.1 Å². The Hall–Kier alpha value is -4.74. The summed E-state index contributed by atoms with van der Waals surface area (Å²) in [5, 5.41) is 24.8. The standard InChI is InChI=1S/C45H72N8O9/c1-27(2)20-33(38(56)25-47-34(44(61)53-18-14-11-15-19-53)24-39(57)48-29(5)32-23-37(32)55)49-43(60)41(30(6)54)50-42(59)35(21-28(3)4)52(9)45(62)36(51(8)40(58)26-46-7)22-31-16-12-10-13-17-31/h10,12-13,16-17,27-30,32-36,41,46-47,54H,11,14-15,18-26H2,1-9H3,(H,48,57)(H,49,60)(H,50,59)/t29-,30-,32?,33+,34+,35+,36+,41+/m1/s1. The van der Waals surface area contributed by atoms with Crippen molar-refractivity contribution in [2.75, 3.05) is 47.3 Å². The minimum absolute atomic E-state index is 0.00551. The number of aliphatic hydroxyl groups is 1. The number of likely N-dealkylation sites (tertiary alicyclic amines) is 1. The van der Waals surface area contributed by atoms with Crippen molar-refractivity contribution in [2.24, 2.45) is 17.8 Å². The minimum Gasteiger partial charge on any atom is -0.391 e. The van der Waals surface area contributed by atoms with E-state index in [2.05, 4.69) is 26.6 Å². The minimum atomic E-state index is -1.52. The second-order valence-electron chi connectivity index (χ2n) is 17.9. The Balaban J connectivity index is 1.79. The SMILES string of the molecule is CNCC(=O)N(C)[C@@H](Cc1ccccc1)C(=O)N(C)[C@@H](CC(C)C)C(=O)N[C@H](C(=O)N[C@@H](CC(C)C)C(=O)CN[C@@H](CC(=O)N[C@H](C)C1CC1=O)C(=O)N1CCCCC1)[C@@H](C)O. The highest BCUT2D eigenvalue weighted by Crippen LogP contribution is 2.27. The number of Topliss-reactive ketones (excluding diaryl/α,β-unsaturated/α-hetero) is 2. The summed E-state index contributed by atoms with van der Waals surface area (Å²) in [7, 11) is 4.65. The Bertz CT molecular complexity index is 1700. The van der Waals surface area contributed by atoms with Crippen molar-refractivity contribution >= 4 is 47.0 Å². The number of piperidine rings is 1. The van der Waals surface area contributed by atoms with Crippen molar-refractivity contribution in [3.05, 3.63) is 35.9 Å². The zero-order valence-electron chi connectivity index (χ0n) is 38.2. The smallest absolute Gasteiger partial charge is 0.246 e. The average molecular weight is 869 g/mol. The molecule has 1 unspecified atom stereocenters. The van der Waals surface area contributed by atoms with Gasteiger partial charge in [0.2, 0.25) is 35.4 Å². The maximum Gasteiger partial charge on any atom is 0.246 e. The number of rotatable bonds is 25. The van der Waals surface area contributed by atoms with Gasteiger partial charge in [-0.25, -0.2) is 0 Å². The van der Waals surface area contributed by atoms with Crippen molar-refractivity contribution in [1.82, 2.24) is 41.3 Å². The number of carbonyl (C=O) groups is 8. The number of nitrogens with one attached hydrogen (secondary N) is 5. The van der Waals surface area contributed by atoms with Crippen LogP contribution in [-0.4, -0.2) is 156 Å². The van der Waals surface area contributed by atoms with Crippen LogP contribution in [0.15, 0.2) is 30.3 Å². The summed E-state index contributed by atoms with van der Waals surface area (Å²) in [5.41, 5.74) is 0.812. The summed E-state index contributed by atoms with van der Waals surface area (Å²) in [6.45, 7) is 11.3. The molecule has 6 amide bonds. The molecule has 8 atom stereocenters. The number of amides is 6. The fraction of sp³-hybridized carbons (Fsp3) is 0.689. The highest BCUT2D eigenvalue weighted by Gasteiger charge is 2.41. The molecule has 1 saturated heterocycles. The fourth-order valence-corrected chi connectivity index (χ4v) is 7.75. The highest BCUT2D eigenvalue weighted by molar-refractivity contribution is 5.98. The lowest BCUT2D eigenvalue weighted by Gasteiger charge is -2.36. The van der Waals surface area contributed by atoms with Gasteiger partial charge in [0.1, 0.15) is 23.9 Å². The van der Waals surface area contributed by atoms with E-state index in [0.717, 1.165) is 24.8 Å². The number of carbonyl (C=O) groups excluding carboxylic acids is 8. The predicted octanol–water partition coefficient (Wildman–Crippen LogP) is 0.569. The molecule has 1 aromatic rings. The molecule has 1 saturated carbocycles. The molecular formula is C45H72N8O9. The number of benzene rings is 1. The lowest BCUT2D eigenvalue weighted by Crippen LogP contribution is -2.61. The molecule has 1 aliphatic carbocycles. The summed E-state index contributed by atoms with van der Waals surface area (Å²) in [4.78, 5) is 112. The molecule has 3 rings (SSSR count). The van der Waals surface area contributed by atoms with Gasteiger partial charge in [0, 0.05) is 52.0 Å². The molecule has 0 spiro atoms. The average Bonchev–Trinajstić information content (AvgIpc) is 3.97. The number of ketones is 2. The molecule has 0 bridgehead atoms. The summed E-state index contributed by atoms with van der Waals surface area (Å²) in [5.74, 6) is -3.89. The van der Waals surface area contributed by atoms with E-state index in [-0.39, 0.29) is 80.2 Å². The number of aliphatic hydroxyl groups excluding tert-OH is 1. The number of likely N-dealkylation sites (N-methyl/N-ethyl adjacent to an activating group) is 3. The first kappa shape index (κ1) is 51.6. The van der Waals surface area contributed by atoms with Crippen molar-refractivity contribution in [1.29, 1.82) is 0 Å². The molecule has 17 heteroatoms. The van der Waals surface area contributed by atoms with E-state index in [9.17, 15) is 43.5 Å². The van der Waals surface area contributed by atoms with Crippen LogP contribution >= 0.6 is 0 Å². The first-order valence-electron chi connectivity index (χ1n) is 22.1. The highest BCUT2D eigenvalue weighted by atomic mass is 16.3. The zero-order chi connectivity index (χ0) is 46.3. The zero-order valence-corrected chi connectivity index (χ0v) is 38.2. The quantitative estimate of drug-likeness (QED) is 0.0797. The van der Waals surface area contributed by atoms with Gasteiger partial charge in [-0.3, -0.25) is 43.7 Å². The van der Waals surface area contributed by atoms with Crippen LogP contribution in [0.4, 0.5) is 0 Å². The van der Waals surface area contributed by atoms with E-state index in [4.69, 9.17) is 0 Å². The van der Waals surface area contributed by atoms with E-state index in [0.29, 0.717) is 19.5 Å². The van der Waals surface area contributed by atoms with Crippen molar-refractivity contribution in [2.45, 2.75) is 135 Å². The Labute approximate surface area is 367 Å². The third-order valence-electron chi connectivity index (χ3n) is 11.6. The van der Waals surface area contributed by atoms with E-state index >= 15 is 0 Å². The van der Waals surface area contributed by atoms with Crippen LogP contribution in [0, 0.1) is 17.8 Å². The molecule has 346 valence electrons. The molecule has 1 aliphatic heterocycles. The van der Waals surface area contributed by atoms with E-state index < -0.39 is 65.7 Å². The van der Waals surface area contributed by atoms with Crippen LogP contribution in [0.5, 0.6) is 0 Å². The third kappa shape index (κ3) is 15.9. The molecule has 0 aromatic heterocycles. The molecule has 2 aliphatic rings. The second kappa shape index (κ2) is 24.8. The summed E-state index contributed by atoms with van der Waals surface area (Å²) in [6.07, 6.45) is 1.94. The van der Waals surface area contributed by atoms with Gasteiger partial charge >= 0.3 is 0 Å². The molecule has 1 heterocycles. The van der Waals surface area contributed by atoms with Crippen LogP contribution in [0.3, 0.4) is 0 Å². The van der Waals surface area contributed by atoms with E-state index in [1.165, 1.54) is 23.8 Å². The van der Waals surface area contributed by atoms with Crippen molar-refractivity contribution < 1.29 is 43.5 Å². The topological polar surface area (TPSA) is 227 Å². The van der Waals surface area contributed by atoms with Crippen molar-refractivity contribution in [3.63, 3.8) is 0 Å². The molecule has 0 radical (unpaired) electrons. The van der Waals surface area contributed by atoms with Gasteiger partial charge in [-0.15, -0.1) is 0 Å². The van der Waals surface area contributed by atoms with Gasteiger partial charge < -0.3 is 41.1 Å². The van der Waals surface area contributed by atoms with Gasteiger partial charge in [0.05, 0.1) is 37.7 Å². The fourth-order valence-electron chi connectivity index (χ4n) is 7.75. The first-order valence-corrected chi connectivity index (χ1v) is 22.1. The number of hydrogen-bond acceptors (Lipinski definition) is 11. The molecule has 62 heavy (non-hydrogen) atoms. The molecular weight excluding hydrogens is 797 g/mol. The molecule has 1 aromatic carbocycles. The van der Waals surface area contributed by atoms with Gasteiger partial charge in [-0.2, -0.15) is 0 Å². The third-order valence-corrected chi connectivity index (χ3v) is 11.6. The van der Waals surface area contributed by atoms with Gasteiger partial charge in [-0.05, 0) is 70.4 Å². The maximum atomic E-state index is 14.3. The van der Waals surface area contributed by atoms with Gasteiger partial charge in [0.25, 0.3) is 0 Å². The molecule has 6 N–H and O–H groups in total. The summed E-state index contributed by atoms with van der Waals surface area (Å²) in [6, 6.07) is 3.13. The Morgan fingerprint density at radius 2 is 1.39 bits per heavy atom. The van der Waals surface area contributed by atoms with Crippen LogP contribution in [-0.2, 0) is 44.8 Å². The van der Waals surface area contributed by atoms with Crippen molar-refractivity contribution in [3.8, 4) is 0 Å².